The van der Waals surface area contributed by atoms with Crippen molar-refractivity contribution in [1.29, 1.82) is 0 Å². The van der Waals surface area contributed by atoms with Crippen molar-refractivity contribution in [2.24, 2.45) is 0 Å². The summed E-state index contributed by atoms with van der Waals surface area (Å²) in [6.07, 6.45) is 4.66. The van der Waals surface area contributed by atoms with Crippen LogP contribution in [-0.2, 0) is 9.22 Å². The van der Waals surface area contributed by atoms with E-state index in [0.717, 1.165) is 25.9 Å². The van der Waals surface area contributed by atoms with Crippen LogP contribution in [0.25, 0.3) is 0 Å². The van der Waals surface area contributed by atoms with Crippen LogP contribution in [0.1, 0.15) is 47.0 Å². The molecule has 0 atom stereocenters. The van der Waals surface area contributed by atoms with Crippen molar-refractivity contribution in [2.75, 3.05) is 6.61 Å². The highest BCUT2D eigenvalue weighted by atomic mass is 28.4. The van der Waals surface area contributed by atoms with Crippen LogP contribution in [0.5, 0.6) is 0 Å². The van der Waals surface area contributed by atoms with Gasteiger partial charge in [0.15, 0.2) is 8.32 Å². The van der Waals surface area contributed by atoms with Crippen molar-refractivity contribution in [3.05, 3.63) is 11.6 Å². The summed E-state index contributed by atoms with van der Waals surface area (Å²) in [7, 11) is -1.43. The molecule has 0 unspecified atom stereocenters. The zero-order valence-corrected chi connectivity index (χ0v) is 13.3. The average molecular weight is 272 g/mol. The summed E-state index contributed by atoms with van der Waals surface area (Å²) in [5.41, 5.74) is 0.440. The van der Waals surface area contributed by atoms with Gasteiger partial charge in [-0.3, -0.25) is 0 Å². The van der Waals surface area contributed by atoms with Crippen LogP contribution in [-0.4, -0.2) is 26.0 Å². The summed E-state index contributed by atoms with van der Waals surface area (Å²) < 4.78 is 6.13. The van der Waals surface area contributed by atoms with Gasteiger partial charge < -0.3 is 9.53 Å². The van der Waals surface area contributed by atoms with Gasteiger partial charge in [-0.15, -0.1) is 0 Å². The van der Waals surface area contributed by atoms with Crippen molar-refractivity contribution in [1.82, 2.24) is 0 Å². The van der Waals surface area contributed by atoms with Gasteiger partial charge >= 0.3 is 5.97 Å². The van der Waals surface area contributed by atoms with E-state index in [1.165, 1.54) is 18.1 Å². The standard InChI is InChI=1S/C14H28O3Si/c1-5-18(6-2,7-3)17-12-10-8-9-11-13(4)14(15)16/h11H,5-10,12H2,1-4H3,(H,15,16). The highest BCUT2D eigenvalue weighted by Gasteiger charge is 2.27. The second kappa shape index (κ2) is 9.33. The molecule has 0 rings (SSSR count). The molecule has 4 heteroatoms. The fourth-order valence-electron chi connectivity index (χ4n) is 2.00. The molecule has 0 spiro atoms. The van der Waals surface area contributed by atoms with Gasteiger partial charge in [-0.1, -0.05) is 26.8 Å². The summed E-state index contributed by atoms with van der Waals surface area (Å²) >= 11 is 0. The first-order chi connectivity index (χ1) is 8.51. The molecule has 0 aliphatic heterocycles. The molecule has 106 valence electrons. The molecule has 18 heavy (non-hydrogen) atoms. The van der Waals surface area contributed by atoms with E-state index >= 15 is 0 Å². The van der Waals surface area contributed by atoms with Gasteiger partial charge in [-0.2, -0.15) is 0 Å². The van der Waals surface area contributed by atoms with Gasteiger partial charge in [0.05, 0.1) is 0 Å². The lowest BCUT2D eigenvalue weighted by molar-refractivity contribution is -0.132. The zero-order valence-electron chi connectivity index (χ0n) is 12.3. The maximum Gasteiger partial charge on any atom is 0.330 e. The highest BCUT2D eigenvalue weighted by molar-refractivity contribution is 6.73. The van der Waals surface area contributed by atoms with E-state index in [2.05, 4.69) is 20.8 Å². The maximum atomic E-state index is 10.6. The number of carboxylic acid groups (broad SMARTS) is 1. The van der Waals surface area contributed by atoms with Gasteiger partial charge in [-0.05, 0) is 44.3 Å². The molecule has 0 aliphatic rings. The Hall–Kier alpha value is -0.613. The first-order valence-electron chi connectivity index (χ1n) is 7.05. The monoisotopic (exact) mass is 272 g/mol. The molecule has 1 N–H and O–H groups in total. The predicted octanol–water partition coefficient (Wildman–Crippen LogP) is 4.21. The van der Waals surface area contributed by atoms with Crippen molar-refractivity contribution in [2.45, 2.75) is 65.1 Å². The third-order valence-electron chi connectivity index (χ3n) is 3.73. The van der Waals surface area contributed by atoms with Crippen LogP contribution in [0.15, 0.2) is 11.6 Å². The molecule has 0 aliphatic carbocycles. The number of hydrogen-bond acceptors (Lipinski definition) is 2. The SMILES string of the molecule is CC[Si](CC)(CC)OCCCCC=C(C)C(=O)O. The topological polar surface area (TPSA) is 46.5 Å². The fraction of sp³-hybridized carbons (Fsp3) is 0.786. The maximum absolute atomic E-state index is 10.6. The second-order valence-electron chi connectivity index (χ2n) is 4.78. The van der Waals surface area contributed by atoms with Crippen LogP contribution >= 0.6 is 0 Å². The molecular formula is C14H28O3Si. The van der Waals surface area contributed by atoms with E-state index in [4.69, 9.17) is 9.53 Å². The second-order valence-corrected chi connectivity index (χ2v) is 9.56. The molecule has 0 aromatic carbocycles. The van der Waals surface area contributed by atoms with Crippen LogP contribution in [0, 0.1) is 0 Å². The minimum Gasteiger partial charge on any atom is -0.478 e. The van der Waals surface area contributed by atoms with E-state index in [0.29, 0.717) is 5.57 Å². The Morgan fingerprint density at radius 1 is 1.17 bits per heavy atom. The van der Waals surface area contributed by atoms with Gasteiger partial charge in [0.25, 0.3) is 0 Å². The molecule has 0 aromatic heterocycles. The van der Waals surface area contributed by atoms with Crippen molar-refractivity contribution < 1.29 is 14.3 Å². The molecular weight excluding hydrogens is 244 g/mol. The quantitative estimate of drug-likeness (QED) is 0.368. The Kier molecular flexibility index (Phi) is 9.02. The first-order valence-corrected chi connectivity index (χ1v) is 9.58. The Morgan fingerprint density at radius 3 is 2.17 bits per heavy atom. The van der Waals surface area contributed by atoms with Crippen LogP contribution < -0.4 is 0 Å². The molecule has 0 radical (unpaired) electrons. The van der Waals surface area contributed by atoms with Crippen LogP contribution in [0.4, 0.5) is 0 Å². The minimum atomic E-state index is -1.43. The van der Waals surface area contributed by atoms with Crippen molar-refractivity contribution >= 4 is 14.3 Å². The summed E-state index contributed by atoms with van der Waals surface area (Å²) in [6.45, 7) is 9.18. The minimum absolute atomic E-state index is 0.440. The average Bonchev–Trinajstić information content (AvgIpc) is 2.38. The van der Waals surface area contributed by atoms with E-state index in [1.807, 2.05) is 0 Å². The Bertz CT molecular complexity index is 262. The van der Waals surface area contributed by atoms with Crippen molar-refractivity contribution in [3.63, 3.8) is 0 Å². The Morgan fingerprint density at radius 2 is 1.72 bits per heavy atom. The fourth-order valence-corrected chi connectivity index (χ4v) is 4.69. The number of allylic oxidation sites excluding steroid dienone is 1. The zero-order chi connectivity index (χ0) is 14.0. The van der Waals surface area contributed by atoms with Gasteiger partial charge in [0.1, 0.15) is 0 Å². The Balaban J connectivity index is 3.80. The lowest BCUT2D eigenvalue weighted by atomic mass is 10.2. The summed E-state index contributed by atoms with van der Waals surface area (Å²) in [5, 5.41) is 8.70. The van der Waals surface area contributed by atoms with Crippen LogP contribution in [0.2, 0.25) is 18.1 Å². The molecule has 0 fully saturated rings. The van der Waals surface area contributed by atoms with Gasteiger partial charge in [0.2, 0.25) is 0 Å². The Labute approximate surface area is 112 Å². The number of rotatable bonds is 10. The number of hydrogen-bond donors (Lipinski definition) is 1. The lowest BCUT2D eigenvalue weighted by Crippen LogP contribution is -2.36. The number of carboxylic acids is 1. The van der Waals surface area contributed by atoms with E-state index < -0.39 is 14.3 Å². The molecule has 3 nitrogen and oxygen atoms in total. The number of unbranched alkanes of at least 4 members (excludes halogenated alkanes) is 2. The van der Waals surface area contributed by atoms with Gasteiger partial charge in [0, 0.05) is 12.2 Å². The number of aliphatic carboxylic acids is 1. The van der Waals surface area contributed by atoms with Crippen LogP contribution in [0.3, 0.4) is 0 Å². The largest absolute Gasteiger partial charge is 0.478 e. The number of carbonyl (C=O) groups is 1. The molecule has 0 aromatic rings. The van der Waals surface area contributed by atoms with E-state index in [9.17, 15) is 4.79 Å². The predicted molar refractivity (Wildman–Crippen MR) is 78.4 cm³/mol. The summed E-state index contributed by atoms with van der Waals surface area (Å²) in [4.78, 5) is 10.6. The molecule has 0 saturated heterocycles. The molecule has 0 bridgehead atoms. The summed E-state index contributed by atoms with van der Waals surface area (Å²) in [5.74, 6) is -0.819. The smallest absolute Gasteiger partial charge is 0.330 e. The molecule has 0 saturated carbocycles. The molecule has 0 heterocycles. The van der Waals surface area contributed by atoms with E-state index in [1.54, 1.807) is 13.0 Å². The van der Waals surface area contributed by atoms with Crippen molar-refractivity contribution in [3.8, 4) is 0 Å². The molecule has 0 amide bonds. The normalized spacial score (nSPS) is 12.8. The third kappa shape index (κ3) is 6.35. The third-order valence-corrected chi connectivity index (χ3v) is 8.41. The first kappa shape index (κ1) is 17.4. The summed E-state index contributed by atoms with van der Waals surface area (Å²) in [6, 6.07) is 3.58. The van der Waals surface area contributed by atoms with E-state index in [-0.39, 0.29) is 0 Å². The highest BCUT2D eigenvalue weighted by Crippen LogP contribution is 2.21. The van der Waals surface area contributed by atoms with Gasteiger partial charge in [-0.25, -0.2) is 4.79 Å². The lowest BCUT2D eigenvalue weighted by Gasteiger charge is -2.27.